The monoisotopic (exact) mass is 495 g/mol. The van der Waals surface area contributed by atoms with Gasteiger partial charge in [-0.15, -0.1) is 0 Å². The minimum atomic E-state index is -1.14. The standard InChI is InChI=1S/C30H25NO6/c1-16(30(35)37-15-23(32)17-11-13-18(36-2)14-12-17)31-28(33)26-24-19-7-3-4-8-20(19)25(27(26)29(31)34)22-10-6-5-9-21(22)24/h3-14,16,24-27H,15H2,1-2H3/t16-,24?,25?,26-,27+/m1/s1. The second-order valence-corrected chi connectivity index (χ2v) is 9.75. The molecule has 0 aromatic heterocycles. The van der Waals surface area contributed by atoms with Crippen LogP contribution in [-0.2, 0) is 19.1 Å². The highest BCUT2D eigenvalue weighted by Gasteiger charge is 2.62. The van der Waals surface area contributed by atoms with Gasteiger partial charge in [0.05, 0.1) is 18.9 Å². The van der Waals surface area contributed by atoms with Crippen LogP contribution in [0.3, 0.4) is 0 Å². The Labute approximate surface area is 214 Å². The number of hydrogen-bond acceptors (Lipinski definition) is 6. The summed E-state index contributed by atoms with van der Waals surface area (Å²) in [6.07, 6.45) is 0. The largest absolute Gasteiger partial charge is 0.497 e. The molecule has 0 N–H and O–H groups in total. The van der Waals surface area contributed by atoms with Crippen molar-refractivity contribution in [2.24, 2.45) is 11.8 Å². The molecule has 0 saturated carbocycles. The van der Waals surface area contributed by atoms with E-state index in [4.69, 9.17) is 9.47 Å². The number of carbonyl (C=O) groups is 4. The van der Waals surface area contributed by atoms with Crippen molar-refractivity contribution in [3.05, 3.63) is 101 Å². The molecular formula is C30H25NO6. The fraction of sp³-hybridized carbons (Fsp3) is 0.267. The predicted octanol–water partition coefficient (Wildman–Crippen LogP) is 3.70. The summed E-state index contributed by atoms with van der Waals surface area (Å²) >= 11 is 0. The zero-order chi connectivity index (χ0) is 25.8. The van der Waals surface area contributed by atoms with Gasteiger partial charge in [-0.1, -0.05) is 48.5 Å². The average Bonchev–Trinajstić information content (AvgIpc) is 3.21. The van der Waals surface area contributed by atoms with Gasteiger partial charge >= 0.3 is 5.97 Å². The molecule has 2 amide bonds. The molecule has 7 heteroatoms. The Morgan fingerprint density at radius 3 is 1.68 bits per heavy atom. The highest BCUT2D eigenvalue weighted by atomic mass is 16.5. The maximum Gasteiger partial charge on any atom is 0.329 e. The number of esters is 1. The van der Waals surface area contributed by atoms with Crippen molar-refractivity contribution in [2.45, 2.75) is 24.8 Å². The number of imide groups is 1. The van der Waals surface area contributed by atoms with Crippen LogP contribution in [0.25, 0.3) is 0 Å². The van der Waals surface area contributed by atoms with Crippen LogP contribution in [-0.4, -0.2) is 48.2 Å². The molecule has 3 aliphatic carbocycles. The van der Waals surface area contributed by atoms with Gasteiger partial charge in [0.25, 0.3) is 0 Å². The average molecular weight is 496 g/mol. The van der Waals surface area contributed by atoms with E-state index in [1.807, 2.05) is 48.5 Å². The number of amides is 2. The van der Waals surface area contributed by atoms with Crippen molar-refractivity contribution in [2.75, 3.05) is 13.7 Å². The molecule has 7 rings (SSSR count). The summed E-state index contributed by atoms with van der Waals surface area (Å²) in [6, 6.07) is 21.3. The van der Waals surface area contributed by atoms with E-state index in [9.17, 15) is 19.2 Å². The van der Waals surface area contributed by atoms with Crippen LogP contribution in [0.4, 0.5) is 0 Å². The van der Waals surface area contributed by atoms with Crippen molar-refractivity contribution >= 4 is 23.6 Å². The van der Waals surface area contributed by atoms with Crippen LogP contribution in [0, 0.1) is 11.8 Å². The minimum Gasteiger partial charge on any atom is -0.497 e. The number of rotatable bonds is 6. The summed E-state index contributed by atoms with van der Waals surface area (Å²) in [5.41, 5.74) is 4.63. The quantitative estimate of drug-likeness (QED) is 0.294. The summed E-state index contributed by atoms with van der Waals surface area (Å²) < 4.78 is 10.4. The van der Waals surface area contributed by atoms with Gasteiger partial charge in [0.15, 0.2) is 12.4 Å². The fourth-order valence-electron chi connectivity index (χ4n) is 6.31. The van der Waals surface area contributed by atoms with E-state index in [0.717, 1.165) is 27.2 Å². The Morgan fingerprint density at radius 2 is 1.24 bits per heavy atom. The maximum absolute atomic E-state index is 13.7. The second-order valence-electron chi connectivity index (χ2n) is 9.75. The van der Waals surface area contributed by atoms with Crippen molar-refractivity contribution in [1.82, 2.24) is 4.90 Å². The van der Waals surface area contributed by atoms with E-state index in [1.165, 1.54) is 14.0 Å². The van der Waals surface area contributed by atoms with Gasteiger partial charge in [0.1, 0.15) is 11.8 Å². The normalized spacial score (nSPS) is 23.7. The minimum absolute atomic E-state index is 0.247. The van der Waals surface area contributed by atoms with E-state index in [0.29, 0.717) is 11.3 Å². The van der Waals surface area contributed by atoms with Crippen molar-refractivity contribution in [1.29, 1.82) is 0 Å². The molecule has 4 aliphatic rings. The molecular weight excluding hydrogens is 470 g/mol. The van der Waals surface area contributed by atoms with Crippen LogP contribution in [0.15, 0.2) is 72.8 Å². The number of likely N-dealkylation sites (tertiary alicyclic amines) is 1. The van der Waals surface area contributed by atoms with Crippen LogP contribution >= 0.6 is 0 Å². The number of Topliss-reactive ketones (excluding diaryl/α,β-unsaturated/α-hetero) is 1. The Hall–Kier alpha value is -4.26. The van der Waals surface area contributed by atoms with E-state index in [-0.39, 0.29) is 29.4 Å². The number of carbonyl (C=O) groups excluding carboxylic acids is 4. The lowest BCUT2D eigenvalue weighted by Gasteiger charge is -2.45. The first-order valence-corrected chi connectivity index (χ1v) is 12.3. The molecule has 37 heavy (non-hydrogen) atoms. The summed E-state index contributed by atoms with van der Waals surface area (Å²) in [5, 5.41) is 0. The lowest BCUT2D eigenvalue weighted by atomic mass is 9.55. The van der Waals surface area contributed by atoms with Crippen LogP contribution < -0.4 is 4.74 Å². The second kappa shape index (κ2) is 8.69. The number of methoxy groups -OCH3 is 1. The SMILES string of the molecule is COc1ccc(C(=O)COC(=O)[C@@H](C)N2C(=O)[C@@H]3C4c5ccccc5C(c5ccccc54)[C@@H]3C2=O)cc1. The van der Waals surface area contributed by atoms with Crippen LogP contribution in [0.2, 0.25) is 0 Å². The lowest BCUT2D eigenvalue weighted by molar-refractivity contribution is -0.157. The van der Waals surface area contributed by atoms with Gasteiger partial charge in [-0.2, -0.15) is 0 Å². The Balaban J connectivity index is 1.24. The van der Waals surface area contributed by atoms with E-state index in [2.05, 4.69) is 0 Å². The molecule has 1 fully saturated rings. The molecule has 186 valence electrons. The van der Waals surface area contributed by atoms with Gasteiger partial charge in [0, 0.05) is 17.4 Å². The molecule has 3 aromatic carbocycles. The zero-order valence-corrected chi connectivity index (χ0v) is 20.4. The van der Waals surface area contributed by atoms with Gasteiger partial charge in [-0.3, -0.25) is 19.3 Å². The Kier molecular flexibility index (Phi) is 5.44. The molecule has 1 saturated heterocycles. The third kappa shape index (κ3) is 3.41. The summed E-state index contributed by atoms with van der Waals surface area (Å²) in [4.78, 5) is 54.0. The Morgan fingerprint density at radius 1 is 0.784 bits per heavy atom. The van der Waals surface area contributed by atoms with Gasteiger partial charge < -0.3 is 9.47 Å². The number of ether oxygens (including phenoxy) is 2. The molecule has 0 unspecified atom stereocenters. The van der Waals surface area contributed by atoms with Crippen LogP contribution in [0.1, 0.15) is 51.4 Å². The molecule has 3 aromatic rings. The molecule has 1 aliphatic heterocycles. The Bertz CT molecular complexity index is 1330. The summed E-state index contributed by atoms with van der Waals surface area (Å²) in [6.45, 7) is 0.996. The third-order valence-electron chi connectivity index (χ3n) is 7.97. The maximum atomic E-state index is 13.7. The van der Waals surface area contributed by atoms with Crippen molar-refractivity contribution in [3.8, 4) is 5.75 Å². The number of benzene rings is 3. The van der Waals surface area contributed by atoms with E-state index < -0.39 is 30.5 Å². The first-order valence-electron chi connectivity index (χ1n) is 12.3. The number of ketones is 1. The van der Waals surface area contributed by atoms with Gasteiger partial charge in [-0.05, 0) is 53.4 Å². The van der Waals surface area contributed by atoms with E-state index >= 15 is 0 Å². The molecule has 0 radical (unpaired) electrons. The lowest BCUT2D eigenvalue weighted by Crippen LogP contribution is -2.45. The molecule has 0 spiro atoms. The number of nitrogens with zero attached hydrogens (tertiary/aromatic N) is 1. The smallest absolute Gasteiger partial charge is 0.329 e. The fourth-order valence-corrected chi connectivity index (χ4v) is 6.31. The highest BCUT2D eigenvalue weighted by Crippen LogP contribution is 2.61. The van der Waals surface area contributed by atoms with Crippen molar-refractivity contribution < 1.29 is 28.7 Å². The van der Waals surface area contributed by atoms with Crippen LogP contribution in [0.5, 0.6) is 5.75 Å². The molecule has 3 atom stereocenters. The topological polar surface area (TPSA) is 90.0 Å². The predicted molar refractivity (Wildman–Crippen MR) is 133 cm³/mol. The molecule has 7 nitrogen and oxygen atoms in total. The van der Waals surface area contributed by atoms with Crippen molar-refractivity contribution in [3.63, 3.8) is 0 Å². The first-order chi connectivity index (χ1) is 17.9. The highest BCUT2D eigenvalue weighted by molar-refractivity contribution is 6.10. The van der Waals surface area contributed by atoms with Gasteiger partial charge in [-0.25, -0.2) is 4.79 Å². The first kappa shape index (κ1) is 23.2. The molecule has 2 bridgehead atoms. The summed E-state index contributed by atoms with van der Waals surface area (Å²) in [5.74, 6) is -2.93. The van der Waals surface area contributed by atoms with Gasteiger partial charge in [0.2, 0.25) is 11.8 Å². The zero-order valence-electron chi connectivity index (χ0n) is 20.4. The number of hydrogen-bond donors (Lipinski definition) is 0. The molecule has 1 heterocycles. The third-order valence-corrected chi connectivity index (χ3v) is 7.97. The summed E-state index contributed by atoms with van der Waals surface area (Å²) in [7, 11) is 1.53. The van der Waals surface area contributed by atoms with E-state index in [1.54, 1.807) is 24.3 Å².